The fourth-order valence-electron chi connectivity index (χ4n) is 4.12. The number of fused-ring (bicyclic) bond motifs is 5. The van der Waals surface area contributed by atoms with Gasteiger partial charge in [0.05, 0.1) is 6.61 Å². The quantitative estimate of drug-likeness (QED) is 0.838. The van der Waals surface area contributed by atoms with Crippen LogP contribution >= 0.6 is 0 Å². The zero-order chi connectivity index (χ0) is 15.6. The van der Waals surface area contributed by atoms with Gasteiger partial charge in [0.15, 0.2) is 0 Å². The Kier molecular flexibility index (Phi) is 4.29. The van der Waals surface area contributed by atoms with Gasteiger partial charge in [0.25, 0.3) is 0 Å². The largest absolute Gasteiger partial charge is 0.383 e. The molecule has 2 aromatic rings. The SMILES string of the molecule is COCCN1C[C@H]2CC[C@@H]1CN(Cc1cccc3nonc13)C2. The number of nitrogens with zero attached hydrogens (tertiary/aromatic N) is 4. The van der Waals surface area contributed by atoms with Crippen LogP contribution in [0.15, 0.2) is 22.8 Å². The maximum atomic E-state index is 5.27. The van der Waals surface area contributed by atoms with E-state index in [1.807, 2.05) is 12.1 Å². The lowest BCUT2D eigenvalue weighted by atomic mass is 9.95. The Balaban J connectivity index is 1.49. The van der Waals surface area contributed by atoms with Crippen LogP contribution in [-0.4, -0.2) is 66.1 Å². The first-order valence-corrected chi connectivity index (χ1v) is 8.49. The van der Waals surface area contributed by atoms with Crippen LogP contribution in [0.25, 0.3) is 11.0 Å². The second-order valence-electron chi connectivity index (χ2n) is 6.83. The average molecular weight is 316 g/mol. The Hall–Kier alpha value is -1.50. The number of ether oxygens (including phenoxy) is 1. The minimum Gasteiger partial charge on any atom is -0.383 e. The lowest BCUT2D eigenvalue weighted by molar-refractivity contribution is 0.0867. The maximum absolute atomic E-state index is 5.27. The molecule has 6 heteroatoms. The van der Waals surface area contributed by atoms with Crippen molar-refractivity contribution in [2.24, 2.45) is 5.92 Å². The molecule has 4 heterocycles. The molecule has 1 aromatic heterocycles. The van der Waals surface area contributed by atoms with Gasteiger partial charge in [-0.3, -0.25) is 9.80 Å². The first kappa shape index (κ1) is 15.1. The number of benzene rings is 1. The highest BCUT2D eigenvalue weighted by Gasteiger charge is 2.34. The highest BCUT2D eigenvalue weighted by molar-refractivity contribution is 5.76. The number of hydrogen-bond donors (Lipinski definition) is 0. The van der Waals surface area contributed by atoms with E-state index in [-0.39, 0.29) is 0 Å². The van der Waals surface area contributed by atoms with E-state index in [1.54, 1.807) is 7.11 Å². The first-order chi connectivity index (χ1) is 11.3. The molecule has 3 fully saturated rings. The molecule has 0 unspecified atom stereocenters. The van der Waals surface area contributed by atoms with Crippen molar-refractivity contribution in [3.8, 4) is 0 Å². The summed E-state index contributed by atoms with van der Waals surface area (Å²) in [6.07, 6.45) is 2.65. The number of aromatic nitrogens is 2. The zero-order valence-electron chi connectivity index (χ0n) is 13.6. The van der Waals surface area contributed by atoms with Crippen LogP contribution in [-0.2, 0) is 11.3 Å². The van der Waals surface area contributed by atoms with Gasteiger partial charge in [-0.15, -0.1) is 0 Å². The molecule has 0 aliphatic carbocycles. The summed E-state index contributed by atoms with van der Waals surface area (Å²) in [5, 5.41) is 8.03. The van der Waals surface area contributed by atoms with E-state index < -0.39 is 0 Å². The second-order valence-corrected chi connectivity index (χ2v) is 6.83. The Morgan fingerprint density at radius 3 is 3.09 bits per heavy atom. The number of piperidine rings is 1. The smallest absolute Gasteiger partial charge is 0.139 e. The fraction of sp³-hybridized carbons (Fsp3) is 0.647. The zero-order valence-corrected chi connectivity index (χ0v) is 13.6. The normalized spacial score (nSPS) is 26.0. The van der Waals surface area contributed by atoms with Gasteiger partial charge in [0.2, 0.25) is 0 Å². The molecule has 0 saturated carbocycles. The summed E-state index contributed by atoms with van der Waals surface area (Å²) in [7, 11) is 1.79. The number of hydrogen-bond acceptors (Lipinski definition) is 6. The Labute approximate surface area is 136 Å². The van der Waals surface area contributed by atoms with Crippen molar-refractivity contribution in [3.05, 3.63) is 23.8 Å². The first-order valence-electron chi connectivity index (χ1n) is 8.49. The summed E-state index contributed by atoms with van der Waals surface area (Å²) in [5.41, 5.74) is 2.97. The monoisotopic (exact) mass is 316 g/mol. The third-order valence-corrected chi connectivity index (χ3v) is 5.25. The molecule has 124 valence electrons. The Bertz CT molecular complexity index is 659. The lowest BCUT2D eigenvalue weighted by Crippen LogP contribution is -2.45. The molecule has 1 aromatic carbocycles. The van der Waals surface area contributed by atoms with Gasteiger partial charge < -0.3 is 4.74 Å². The topological polar surface area (TPSA) is 54.6 Å². The van der Waals surface area contributed by atoms with Crippen LogP contribution in [0, 0.1) is 5.92 Å². The summed E-state index contributed by atoms with van der Waals surface area (Å²) in [4.78, 5) is 5.20. The van der Waals surface area contributed by atoms with Gasteiger partial charge in [-0.2, -0.15) is 0 Å². The number of rotatable bonds is 5. The van der Waals surface area contributed by atoms with E-state index in [1.165, 1.54) is 31.5 Å². The van der Waals surface area contributed by atoms with Crippen molar-refractivity contribution in [1.82, 2.24) is 20.1 Å². The van der Waals surface area contributed by atoms with Crippen molar-refractivity contribution < 1.29 is 9.37 Å². The van der Waals surface area contributed by atoms with E-state index in [2.05, 4.69) is 26.2 Å². The van der Waals surface area contributed by atoms with Crippen molar-refractivity contribution in [3.63, 3.8) is 0 Å². The molecule has 0 N–H and O–H groups in total. The third kappa shape index (κ3) is 3.11. The standard InChI is InChI=1S/C17H24N4O2/c1-22-8-7-21-10-13-5-6-15(21)12-20(9-13)11-14-3-2-4-16-17(14)19-23-18-16/h2-4,13,15H,5-12H2,1H3/t13-,15+/m0/s1. The number of methoxy groups -OCH3 is 1. The summed E-state index contributed by atoms with van der Waals surface area (Å²) in [6.45, 7) is 6.31. The molecule has 3 aliphatic heterocycles. The molecule has 0 spiro atoms. The van der Waals surface area contributed by atoms with E-state index in [4.69, 9.17) is 9.37 Å². The van der Waals surface area contributed by atoms with Crippen LogP contribution in [0.5, 0.6) is 0 Å². The Morgan fingerprint density at radius 2 is 2.17 bits per heavy atom. The van der Waals surface area contributed by atoms with Gasteiger partial charge in [0.1, 0.15) is 11.0 Å². The highest BCUT2D eigenvalue weighted by Crippen LogP contribution is 2.29. The lowest BCUT2D eigenvalue weighted by Gasteiger charge is -2.35. The predicted octanol–water partition coefficient (Wildman–Crippen LogP) is 1.77. The molecule has 6 nitrogen and oxygen atoms in total. The average Bonchev–Trinajstić information content (AvgIpc) is 2.89. The Morgan fingerprint density at radius 1 is 1.22 bits per heavy atom. The molecule has 3 aliphatic rings. The highest BCUT2D eigenvalue weighted by atomic mass is 16.6. The van der Waals surface area contributed by atoms with Crippen LogP contribution in [0.3, 0.4) is 0 Å². The van der Waals surface area contributed by atoms with E-state index in [0.717, 1.165) is 43.2 Å². The van der Waals surface area contributed by atoms with Crippen molar-refractivity contribution >= 4 is 11.0 Å². The molecule has 5 rings (SSSR count). The molecule has 3 saturated heterocycles. The summed E-state index contributed by atoms with van der Waals surface area (Å²) < 4.78 is 10.2. The summed E-state index contributed by atoms with van der Waals surface area (Å²) >= 11 is 0. The van der Waals surface area contributed by atoms with Gasteiger partial charge in [-0.05, 0) is 40.7 Å². The van der Waals surface area contributed by atoms with Crippen molar-refractivity contribution in [2.75, 3.05) is 39.9 Å². The van der Waals surface area contributed by atoms with Crippen LogP contribution in [0.2, 0.25) is 0 Å². The summed E-state index contributed by atoms with van der Waals surface area (Å²) in [6, 6.07) is 6.79. The van der Waals surface area contributed by atoms with Crippen LogP contribution < -0.4 is 0 Å². The van der Waals surface area contributed by atoms with Crippen molar-refractivity contribution in [2.45, 2.75) is 25.4 Å². The molecular formula is C17H24N4O2. The van der Waals surface area contributed by atoms with Gasteiger partial charge in [0, 0.05) is 45.9 Å². The minimum absolute atomic E-state index is 0.651. The fourth-order valence-corrected chi connectivity index (χ4v) is 4.12. The van der Waals surface area contributed by atoms with Crippen molar-refractivity contribution in [1.29, 1.82) is 0 Å². The van der Waals surface area contributed by atoms with E-state index >= 15 is 0 Å². The molecule has 0 radical (unpaired) electrons. The molecular weight excluding hydrogens is 292 g/mol. The molecule has 23 heavy (non-hydrogen) atoms. The maximum Gasteiger partial charge on any atom is 0.139 e. The van der Waals surface area contributed by atoms with Crippen LogP contribution in [0.1, 0.15) is 18.4 Å². The van der Waals surface area contributed by atoms with Gasteiger partial charge in [-0.25, -0.2) is 4.63 Å². The van der Waals surface area contributed by atoms with Gasteiger partial charge in [-0.1, -0.05) is 12.1 Å². The molecule has 0 amide bonds. The second kappa shape index (κ2) is 6.55. The van der Waals surface area contributed by atoms with E-state index in [9.17, 15) is 0 Å². The van der Waals surface area contributed by atoms with E-state index in [0.29, 0.717) is 6.04 Å². The molecule has 2 atom stereocenters. The molecule has 2 bridgehead atoms. The third-order valence-electron chi connectivity index (χ3n) is 5.25. The van der Waals surface area contributed by atoms with Gasteiger partial charge >= 0.3 is 0 Å². The summed E-state index contributed by atoms with van der Waals surface area (Å²) in [5.74, 6) is 0.764. The van der Waals surface area contributed by atoms with Crippen LogP contribution in [0.4, 0.5) is 0 Å². The minimum atomic E-state index is 0.651. The predicted molar refractivity (Wildman–Crippen MR) is 87.0 cm³/mol.